The number of nitrogens with zero attached hydrogens (tertiary/aromatic N) is 3. The first-order valence-electron chi connectivity index (χ1n) is 11.1. The average Bonchev–Trinajstić information content (AvgIpc) is 3.25. The van der Waals surface area contributed by atoms with Crippen LogP contribution in [0.5, 0.6) is 0 Å². The Morgan fingerprint density at radius 3 is 2.44 bits per heavy atom. The second-order valence-electron chi connectivity index (χ2n) is 8.17. The lowest BCUT2D eigenvalue weighted by Crippen LogP contribution is -2.29. The SMILES string of the molecule is Cc1ccc(-n2c(CNC(=O)Nc3cccc(C(F)(F)F)c3)nnc2SCc2ccccc2C)cc1. The first kappa shape index (κ1) is 25.3. The second kappa shape index (κ2) is 10.9. The van der Waals surface area contributed by atoms with E-state index in [2.05, 4.69) is 39.9 Å². The molecule has 0 spiro atoms. The highest BCUT2D eigenvalue weighted by molar-refractivity contribution is 7.98. The minimum atomic E-state index is -4.50. The van der Waals surface area contributed by atoms with Crippen LogP contribution in [0.25, 0.3) is 5.69 Å². The molecule has 4 rings (SSSR count). The number of benzene rings is 3. The summed E-state index contributed by atoms with van der Waals surface area (Å²) in [6.45, 7) is 4.07. The lowest BCUT2D eigenvalue weighted by Gasteiger charge is -2.13. The van der Waals surface area contributed by atoms with Gasteiger partial charge < -0.3 is 10.6 Å². The minimum absolute atomic E-state index is 0.0244. The third kappa shape index (κ3) is 6.25. The molecule has 0 aliphatic carbocycles. The zero-order chi connectivity index (χ0) is 25.7. The van der Waals surface area contributed by atoms with Crippen molar-refractivity contribution >= 4 is 23.5 Å². The van der Waals surface area contributed by atoms with E-state index in [0.717, 1.165) is 23.4 Å². The van der Waals surface area contributed by atoms with E-state index in [-0.39, 0.29) is 12.2 Å². The summed E-state index contributed by atoms with van der Waals surface area (Å²) in [5.74, 6) is 1.19. The van der Waals surface area contributed by atoms with Crippen LogP contribution in [0.3, 0.4) is 0 Å². The van der Waals surface area contributed by atoms with E-state index in [1.807, 2.05) is 47.9 Å². The zero-order valence-corrected chi connectivity index (χ0v) is 20.5. The molecule has 36 heavy (non-hydrogen) atoms. The molecule has 1 aromatic heterocycles. The van der Waals surface area contributed by atoms with Crippen molar-refractivity contribution in [2.75, 3.05) is 5.32 Å². The van der Waals surface area contributed by atoms with Crippen molar-refractivity contribution in [3.8, 4) is 5.69 Å². The summed E-state index contributed by atoms with van der Waals surface area (Å²) >= 11 is 1.53. The van der Waals surface area contributed by atoms with Crippen molar-refractivity contribution < 1.29 is 18.0 Å². The molecule has 2 amide bonds. The van der Waals surface area contributed by atoms with E-state index in [0.29, 0.717) is 16.7 Å². The predicted octanol–water partition coefficient (Wildman–Crippen LogP) is 6.52. The van der Waals surface area contributed by atoms with Gasteiger partial charge in [0.1, 0.15) is 0 Å². The number of urea groups is 1. The van der Waals surface area contributed by atoms with E-state index < -0.39 is 17.8 Å². The molecule has 0 radical (unpaired) electrons. The lowest BCUT2D eigenvalue weighted by molar-refractivity contribution is -0.137. The molecule has 0 atom stereocenters. The van der Waals surface area contributed by atoms with E-state index in [1.54, 1.807) is 0 Å². The number of rotatable bonds is 7. The number of hydrogen-bond acceptors (Lipinski definition) is 4. The van der Waals surface area contributed by atoms with E-state index in [1.165, 1.54) is 35.0 Å². The number of carbonyl (C=O) groups excluding carboxylic acids is 1. The molecule has 3 aromatic carbocycles. The van der Waals surface area contributed by atoms with Gasteiger partial charge in [-0.2, -0.15) is 13.2 Å². The monoisotopic (exact) mass is 511 g/mol. The molecule has 0 fully saturated rings. The van der Waals surface area contributed by atoms with Gasteiger partial charge in [0.05, 0.1) is 12.1 Å². The van der Waals surface area contributed by atoms with Crippen LogP contribution in [0.2, 0.25) is 0 Å². The highest BCUT2D eigenvalue weighted by Gasteiger charge is 2.30. The molecule has 6 nitrogen and oxygen atoms in total. The van der Waals surface area contributed by atoms with Gasteiger partial charge in [-0.25, -0.2) is 4.79 Å². The zero-order valence-electron chi connectivity index (χ0n) is 19.6. The molecule has 186 valence electrons. The molecule has 0 aliphatic heterocycles. The molecule has 2 N–H and O–H groups in total. The van der Waals surface area contributed by atoms with Gasteiger partial charge in [0.2, 0.25) is 0 Å². The molecular weight excluding hydrogens is 487 g/mol. The fourth-order valence-electron chi connectivity index (χ4n) is 3.48. The Hall–Kier alpha value is -3.79. The Morgan fingerprint density at radius 1 is 0.972 bits per heavy atom. The normalized spacial score (nSPS) is 11.4. The van der Waals surface area contributed by atoms with Crippen LogP contribution in [-0.4, -0.2) is 20.8 Å². The van der Waals surface area contributed by atoms with Crippen molar-refractivity contribution in [3.63, 3.8) is 0 Å². The summed E-state index contributed by atoms with van der Waals surface area (Å²) in [5, 5.41) is 14.4. The summed E-state index contributed by atoms with van der Waals surface area (Å²) in [4.78, 5) is 12.4. The van der Waals surface area contributed by atoms with Gasteiger partial charge in [-0.05, 0) is 55.3 Å². The average molecular weight is 512 g/mol. The third-order valence-corrected chi connectivity index (χ3v) is 6.44. The lowest BCUT2D eigenvalue weighted by atomic mass is 10.1. The predicted molar refractivity (Wildman–Crippen MR) is 134 cm³/mol. The maximum Gasteiger partial charge on any atom is 0.416 e. The van der Waals surface area contributed by atoms with E-state index in [9.17, 15) is 18.0 Å². The van der Waals surface area contributed by atoms with Crippen molar-refractivity contribution in [2.24, 2.45) is 0 Å². The van der Waals surface area contributed by atoms with Crippen LogP contribution in [0, 0.1) is 13.8 Å². The first-order chi connectivity index (χ1) is 17.2. The Kier molecular flexibility index (Phi) is 7.64. The van der Waals surface area contributed by atoms with Gasteiger partial charge in [0.15, 0.2) is 11.0 Å². The van der Waals surface area contributed by atoms with Gasteiger partial charge in [-0.15, -0.1) is 10.2 Å². The number of halogens is 3. The third-order valence-electron chi connectivity index (χ3n) is 5.47. The number of aromatic nitrogens is 3. The molecule has 0 saturated heterocycles. The number of hydrogen-bond donors (Lipinski definition) is 2. The summed E-state index contributed by atoms with van der Waals surface area (Å²) in [7, 11) is 0. The number of alkyl halides is 3. The molecule has 10 heteroatoms. The maximum atomic E-state index is 13.0. The van der Waals surface area contributed by atoms with Crippen LogP contribution in [0.4, 0.5) is 23.7 Å². The Bertz CT molecular complexity index is 1350. The first-order valence-corrected chi connectivity index (χ1v) is 12.1. The highest BCUT2D eigenvalue weighted by atomic mass is 32.2. The summed E-state index contributed by atoms with van der Waals surface area (Å²) in [5.41, 5.74) is 3.50. The van der Waals surface area contributed by atoms with Crippen molar-refractivity contribution in [1.82, 2.24) is 20.1 Å². The Labute approximate surface area is 211 Å². The molecular formula is C26H24F3N5OS. The highest BCUT2D eigenvalue weighted by Crippen LogP contribution is 2.31. The largest absolute Gasteiger partial charge is 0.416 e. The van der Waals surface area contributed by atoms with Crippen LogP contribution in [0.15, 0.2) is 78.0 Å². The van der Waals surface area contributed by atoms with Crippen LogP contribution in [-0.2, 0) is 18.5 Å². The quantitative estimate of drug-likeness (QED) is 0.277. The van der Waals surface area contributed by atoms with Crippen LogP contribution in [0.1, 0.15) is 28.1 Å². The standard InChI is InChI=1S/C26H24F3N5OS/c1-17-10-12-22(13-11-17)34-23(32-33-25(34)36-16-19-7-4-3-6-18(19)2)15-30-24(35)31-21-9-5-8-20(14-21)26(27,28)29/h3-14H,15-16H2,1-2H3,(H2,30,31,35). The number of carbonyl (C=O) groups is 1. The maximum absolute atomic E-state index is 13.0. The molecule has 0 unspecified atom stereocenters. The number of thioether (sulfide) groups is 1. The van der Waals surface area contributed by atoms with E-state index in [4.69, 9.17) is 0 Å². The fraction of sp³-hybridized carbons (Fsp3) is 0.192. The fourth-order valence-corrected chi connectivity index (χ4v) is 4.53. The Balaban J connectivity index is 1.50. The summed E-state index contributed by atoms with van der Waals surface area (Å²) in [6.07, 6.45) is -4.50. The van der Waals surface area contributed by atoms with Crippen molar-refractivity contribution in [1.29, 1.82) is 0 Å². The van der Waals surface area contributed by atoms with E-state index >= 15 is 0 Å². The van der Waals surface area contributed by atoms with Crippen LogP contribution >= 0.6 is 11.8 Å². The van der Waals surface area contributed by atoms with Crippen molar-refractivity contribution in [2.45, 2.75) is 37.5 Å². The number of anilines is 1. The van der Waals surface area contributed by atoms with Gasteiger partial charge >= 0.3 is 12.2 Å². The molecule has 4 aromatic rings. The van der Waals surface area contributed by atoms with Gasteiger partial charge in [0.25, 0.3) is 0 Å². The molecule has 0 aliphatic rings. The van der Waals surface area contributed by atoms with Gasteiger partial charge in [-0.3, -0.25) is 4.57 Å². The smallest absolute Gasteiger partial charge is 0.331 e. The van der Waals surface area contributed by atoms with Crippen LogP contribution < -0.4 is 10.6 Å². The number of nitrogens with one attached hydrogen (secondary N) is 2. The molecule has 0 saturated carbocycles. The second-order valence-corrected chi connectivity index (χ2v) is 9.11. The van der Waals surface area contributed by atoms with Crippen molar-refractivity contribution in [3.05, 3.63) is 101 Å². The molecule has 0 bridgehead atoms. The number of aryl methyl sites for hydroxylation is 2. The van der Waals surface area contributed by atoms with Gasteiger partial charge in [0, 0.05) is 17.1 Å². The minimum Gasteiger partial charge on any atom is -0.331 e. The topological polar surface area (TPSA) is 71.8 Å². The summed E-state index contributed by atoms with van der Waals surface area (Å²) in [6, 6.07) is 19.8. The number of amides is 2. The summed E-state index contributed by atoms with van der Waals surface area (Å²) < 4.78 is 40.7. The molecule has 1 heterocycles. The van der Waals surface area contributed by atoms with Gasteiger partial charge in [-0.1, -0.05) is 59.8 Å². The Morgan fingerprint density at radius 2 is 1.72 bits per heavy atom.